The van der Waals surface area contributed by atoms with Crippen molar-refractivity contribution in [2.75, 3.05) is 6.54 Å². The van der Waals surface area contributed by atoms with Crippen LogP contribution < -0.4 is 4.72 Å². The average molecular weight is 400 g/mol. The van der Waals surface area contributed by atoms with Crippen molar-refractivity contribution in [2.45, 2.75) is 49.0 Å². The number of hydrogen-bond acceptors (Lipinski definition) is 4. The van der Waals surface area contributed by atoms with Crippen LogP contribution >= 0.6 is 22.9 Å². The Morgan fingerprint density at radius 1 is 1.20 bits per heavy atom. The number of halogens is 1. The molecular weight excluding hydrogens is 378 g/mol. The first-order chi connectivity index (χ1) is 11.8. The van der Waals surface area contributed by atoms with Crippen molar-refractivity contribution in [3.05, 3.63) is 51.2 Å². The van der Waals surface area contributed by atoms with Gasteiger partial charge in [-0.15, -0.1) is 11.3 Å². The van der Waals surface area contributed by atoms with Crippen LogP contribution in [0.5, 0.6) is 0 Å². The first kappa shape index (κ1) is 18.9. The van der Waals surface area contributed by atoms with Crippen molar-refractivity contribution in [3.63, 3.8) is 0 Å². The van der Waals surface area contributed by atoms with Crippen LogP contribution in [0.4, 0.5) is 0 Å². The van der Waals surface area contributed by atoms with E-state index >= 15 is 0 Å². The molecule has 1 aromatic heterocycles. The van der Waals surface area contributed by atoms with Gasteiger partial charge in [-0.3, -0.25) is 0 Å². The van der Waals surface area contributed by atoms with Gasteiger partial charge in [-0.05, 0) is 56.2 Å². The zero-order valence-electron chi connectivity index (χ0n) is 14.0. The predicted molar refractivity (Wildman–Crippen MR) is 102 cm³/mol. The van der Waals surface area contributed by atoms with Gasteiger partial charge in [0.2, 0.25) is 10.0 Å². The number of thiophene rings is 1. The summed E-state index contributed by atoms with van der Waals surface area (Å²) in [5, 5.41) is 10.3. The third-order valence-electron chi connectivity index (χ3n) is 4.85. The fourth-order valence-corrected chi connectivity index (χ4v) is 5.80. The van der Waals surface area contributed by atoms with Crippen LogP contribution in [0.2, 0.25) is 5.02 Å². The molecule has 2 N–H and O–H groups in total. The van der Waals surface area contributed by atoms with E-state index in [9.17, 15) is 13.5 Å². The number of aliphatic hydroxyl groups excluding tert-OH is 1. The molecule has 0 spiro atoms. The average Bonchev–Trinajstić information content (AvgIpc) is 3.24. The standard InChI is InChI=1S/C18H22ClNO3S2/c1-13(21)16-8-9-17(24-16)18(10-2-3-11-18)12-20-25(22,23)15-6-4-14(19)5-7-15/h4-9,13,20-21H,2-3,10-12H2,1H3. The lowest BCUT2D eigenvalue weighted by Crippen LogP contribution is -2.38. The zero-order chi connectivity index (χ0) is 18.1. The van der Waals surface area contributed by atoms with Crippen molar-refractivity contribution in [1.82, 2.24) is 4.72 Å². The minimum absolute atomic E-state index is 0.183. The summed E-state index contributed by atoms with van der Waals surface area (Å²) in [5.74, 6) is 0. The molecule has 1 heterocycles. The van der Waals surface area contributed by atoms with Gasteiger partial charge in [-0.25, -0.2) is 13.1 Å². The molecule has 1 aromatic carbocycles. The zero-order valence-corrected chi connectivity index (χ0v) is 16.4. The Morgan fingerprint density at radius 2 is 1.84 bits per heavy atom. The fraction of sp³-hybridized carbons (Fsp3) is 0.444. The third kappa shape index (κ3) is 4.09. The van der Waals surface area contributed by atoms with Crippen LogP contribution in [-0.4, -0.2) is 20.1 Å². The highest BCUT2D eigenvalue weighted by Gasteiger charge is 2.38. The number of nitrogens with one attached hydrogen (secondary N) is 1. The lowest BCUT2D eigenvalue weighted by molar-refractivity contribution is 0.203. The molecule has 0 aliphatic heterocycles. The molecule has 1 aliphatic carbocycles. The van der Waals surface area contributed by atoms with Gasteiger partial charge in [0.05, 0.1) is 11.0 Å². The number of benzene rings is 1. The molecule has 2 aromatic rings. The minimum atomic E-state index is -3.57. The molecule has 1 aliphatic rings. The molecule has 7 heteroatoms. The first-order valence-corrected chi connectivity index (χ1v) is 11.0. The molecule has 1 atom stereocenters. The number of rotatable bonds is 6. The Morgan fingerprint density at radius 3 is 2.40 bits per heavy atom. The number of hydrogen-bond donors (Lipinski definition) is 2. The molecule has 0 amide bonds. The highest BCUT2D eigenvalue weighted by molar-refractivity contribution is 7.89. The van der Waals surface area contributed by atoms with Crippen molar-refractivity contribution < 1.29 is 13.5 Å². The normalized spacial score (nSPS) is 18.4. The van der Waals surface area contributed by atoms with Crippen molar-refractivity contribution in [2.24, 2.45) is 0 Å². The highest BCUT2D eigenvalue weighted by atomic mass is 35.5. The SMILES string of the molecule is CC(O)c1ccc(C2(CNS(=O)(=O)c3ccc(Cl)cc3)CCCC2)s1. The first-order valence-electron chi connectivity index (χ1n) is 8.36. The second-order valence-electron chi connectivity index (χ2n) is 6.64. The number of aliphatic hydroxyl groups is 1. The summed E-state index contributed by atoms with van der Waals surface area (Å²) in [5.41, 5.74) is -0.183. The molecule has 1 saturated carbocycles. The number of sulfonamides is 1. The quantitative estimate of drug-likeness (QED) is 0.763. The summed E-state index contributed by atoms with van der Waals surface area (Å²) in [4.78, 5) is 2.29. The third-order valence-corrected chi connectivity index (χ3v) is 8.02. The second-order valence-corrected chi connectivity index (χ2v) is 9.96. The van der Waals surface area contributed by atoms with E-state index in [-0.39, 0.29) is 10.3 Å². The summed E-state index contributed by atoms with van der Waals surface area (Å²) in [7, 11) is -3.57. The lowest BCUT2D eigenvalue weighted by atomic mass is 9.85. The second kappa shape index (κ2) is 7.37. The maximum Gasteiger partial charge on any atom is 0.240 e. The smallest absolute Gasteiger partial charge is 0.240 e. The summed E-state index contributed by atoms with van der Waals surface area (Å²) in [6, 6.07) is 10.2. The maximum absolute atomic E-state index is 12.6. The lowest BCUT2D eigenvalue weighted by Gasteiger charge is -2.28. The Bertz CT molecular complexity index is 822. The summed E-state index contributed by atoms with van der Waals surface area (Å²) < 4.78 is 28.0. The molecule has 3 rings (SSSR count). The van der Waals surface area contributed by atoms with Crippen LogP contribution in [-0.2, 0) is 15.4 Å². The molecule has 1 fully saturated rings. The van der Waals surface area contributed by atoms with Crippen molar-refractivity contribution in [3.8, 4) is 0 Å². The predicted octanol–water partition coefficient (Wildman–Crippen LogP) is 4.25. The van der Waals surface area contributed by atoms with Gasteiger partial charge in [0, 0.05) is 26.7 Å². The summed E-state index contributed by atoms with van der Waals surface area (Å²) in [6.45, 7) is 2.12. The van der Waals surface area contributed by atoms with E-state index < -0.39 is 16.1 Å². The molecule has 0 saturated heterocycles. The van der Waals surface area contributed by atoms with E-state index in [1.54, 1.807) is 30.4 Å². The fourth-order valence-electron chi connectivity index (χ4n) is 3.35. The van der Waals surface area contributed by atoms with E-state index in [1.807, 2.05) is 12.1 Å². The monoisotopic (exact) mass is 399 g/mol. The van der Waals surface area contributed by atoms with Gasteiger partial charge in [0.15, 0.2) is 0 Å². The van der Waals surface area contributed by atoms with E-state index in [1.165, 1.54) is 12.1 Å². The van der Waals surface area contributed by atoms with Crippen LogP contribution in [0.15, 0.2) is 41.3 Å². The van der Waals surface area contributed by atoms with Gasteiger partial charge in [-0.2, -0.15) is 0 Å². The Kier molecular flexibility index (Phi) is 5.56. The maximum atomic E-state index is 12.6. The van der Waals surface area contributed by atoms with Crippen LogP contribution in [0.25, 0.3) is 0 Å². The summed E-state index contributed by atoms with van der Waals surface area (Å²) >= 11 is 7.42. The van der Waals surface area contributed by atoms with Gasteiger partial charge in [0.25, 0.3) is 0 Å². The van der Waals surface area contributed by atoms with Gasteiger partial charge >= 0.3 is 0 Å². The Balaban J connectivity index is 1.81. The molecule has 25 heavy (non-hydrogen) atoms. The van der Waals surface area contributed by atoms with Crippen molar-refractivity contribution >= 4 is 33.0 Å². The van der Waals surface area contributed by atoms with Crippen LogP contribution in [0.3, 0.4) is 0 Å². The largest absolute Gasteiger partial charge is 0.388 e. The van der Waals surface area contributed by atoms with Gasteiger partial charge in [0.1, 0.15) is 0 Å². The van der Waals surface area contributed by atoms with E-state index in [0.717, 1.165) is 35.4 Å². The highest BCUT2D eigenvalue weighted by Crippen LogP contribution is 2.44. The minimum Gasteiger partial charge on any atom is -0.388 e. The molecular formula is C18H22ClNO3S2. The van der Waals surface area contributed by atoms with Crippen molar-refractivity contribution in [1.29, 1.82) is 0 Å². The van der Waals surface area contributed by atoms with E-state index in [0.29, 0.717) is 11.6 Å². The van der Waals surface area contributed by atoms with Gasteiger partial charge in [-0.1, -0.05) is 24.4 Å². The topological polar surface area (TPSA) is 66.4 Å². The van der Waals surface area contributed by atoms with Crippen LogP contribution in [0.1, 0.15) is 48.5 Å². The Labute approximate surface area is 157 Å². The van der Waals surface area contributed by atoms with E-state index in [2.05, 4.69) is 4.72 Å². The molecule has 1 unspecified atom stereocenters. The Hall–Kier alpha value is -0.920. The molecule has 0 radical (unpaired) electrons. The summed E-state index contributed by atoms with van der Waals surface area (Å²) in [6.07, 6.45) is 3.59. The van der Waals surface area contributed by atoms with E-state index in [4.69, 9.17) is 11.6 Å². The van der Waals surface area contributed by atoms with Crippen LogP contribution in [0, 0.1) is 0 Å². The van der Waals surface area contributed by atoms with Gasteiger partial charge < -0.3 is 5.11 Å². The molecule has 136 valence electrons. The molecule has 0 bridgehead atoms. The molecule has 4 nitrogen and oxygen atoms in total.